The minimum absolute atomic E-state index is 0.0455. The lowest BCUT2D eigenvalue weighted by Crippen LogP contribution is -2.65. The van der Waals surface area contributed by atoms with Crippen molar-refractivity contribution in [2.75, 3.05) is 0 Å². The molecule has 0 saturated heterocycles. The fourth-order valence-electron chi connectivity index (χ4n) is 12.6. The van der Waals surface area contributed by atoms with Crippen LogP contribution in [0.15, 0.2) is 58.8 Å². The highest BCUT2D eigenvalue weighted by molar-refractivity contribution is 5.79. The molecule has 0 aliphatic heterocycles. The van der Waals surface area contributed by atoms with Gasteiger partial charge in [-0.2, -0.15) is 0 Å². The Morgan fingerprint density at radius 1 is 0.978 bits per heavy atom. The van der Waals surface area contributed by atoms with Crippen LogP contribution in [0.4, 0.5) is 0 Å². The zero-order valence-electron chi connectivity index (χ0n) is 29.0. The minimum atomic E-state index is -0.419. The first-order chi connectivity index (χ1) is 21.8. The first-order valence-corrected chi connectivity index (χ1v) is 18.0. The van der Waals surface area contributed by atoms with Gasteiger partial charge < -0.3 is 9.26 Å². The lowest BCUT2D eigenvalue weighted by Gasteiger charge is -2.71. The van der Waals surface area contributed by atoms with Gasteiger partial charge in [0.15, 0.2) is 0 Å². The number of esters is 1. The van der Waals surface area contributed by atoms with Crippen LogP contribution in [0, 0.1) is 51.2 Å². The van der Waals surface area contributed by atoms with Gasteiger partial charge in [-0.3, -0.25) is 4.79 Å². The number of aromatic nitrogens is 2. The van der Waals surface area contributed by atoms with Crippen molar-refractivity contribution in [3.05, 3.63) is 71.1 Å². The second-order valence-electron chi connectivity index (χ2n) is 17.5. The average Bonchev–Trinajstić information content (AvgIpc) is 3.49. The monoisotopic (exact) mass is 620 g/mol. The number of carbonyl (C=O) groups excluding carboxylic acids is 1. The molecular weight excluding hydrogens is 568 g/mol. The molecule has 5 aliphatic carbocycles. The van der Waals surface area contributed by atoms with Gasteiger partial charge in [0.1, 0.15) is 6.61 Å². The Labute approximate surface area is 274 Å². The summed E-state index contributed by atoms with van der Waals surface area (Å²) >= 11 is 0. The number of hydrogen-bond acceptors (Lipinski definition) is 5. The number of benzene rings is 1. The number of fused-ring (bicyclic) bond motifs is 9. The van der Waals surface area contributed by atoms with E-state index >= 15 is 0 Å². The molecule has 1 aromatic carbocycles. The highest BCUT2D eigenvalue weighted by atomic mass is 16.5. The highest BCUT2D eigenvalue weighted by Crippen LogP contribution is 2.75. The lowest BCUT2D eigenvalue weighted by atomic mass is 9.33. The van der Waals surface area contributed by atoms with Crippen LogP contribution in [-0.2, 0) is 28.0 Å². The molecule has 0 bridgehead atoms. The molecule has 0 radical (unpaired) electrons. The number of pyridine rings is 1. The fraction of sp³-hybridized carbons (Fsp3) is 0.634. The maximum Gasteiger partial charge on any atom is 0.313 e. The first-order valence-electron chi connectivity index (χ1n) is 18.0. The molecule has 2 heterocycles. The van der Waals surface area contributed by atoms with Crippen LogP contribution in [0.5, 0.6) is 0 Å². The molecule has 3 aromatic rings. The summed E-state index contributed by atoms with van der Waals surface area (Å²) in [5, 5.41) is 5.08. The van der Waals surface area contributed by atoms with Crippen molar-refractivity contribution in [1.82, 2.24) is 10.1 Å². The fourth-order valence-corrected chi connectivity index (χ4v) is 12.6. The quantitative estimate of drug-likeness (QED) is 0.215. The molecule has 0 unspecified atom stereocenters. The first kappa shape index (κ1) is 30.4. The summed E-state index contributed by atoms with van der Waals surface area (Å²) < 4.78 is 11.8. The van der Waals surface area contributed by atoms with E-state index in [0.717, 1.165) is 49.5 Å². The van der Waals surface area contributed by atoms with Gasteiger partial charge in [-0.05, 0) is 114 Å². The van der Waals surface area contributed by atoms with Gasteiger partial charge in [0, 0.05) is 5.41 Å². The molecule has 3 fully saturated rings. The summed E-state index contributed by atoms with van der Waals surface area (Å²) in [6, 6.07) is 12.5. The van der Waals surface area contributed by atoms with Crippen LogP contribution in [0.25, 0.3) is 11.1 Å². The molecule has 9 atom stereocenters. The second-order valence-corrected chi connectivity index (χ2v) is 17.5. The van der Waals surface area contributed by atoms with Crippen LogP contribution < -0.4 is 0 Å². The summed E-state index contributed by atoms with van der Waals surface area (Å²) in [6.45, 7) is 17.9. The van der Waals surface area contributed by atoms with Gasteiger partial charge in [-0.25, -0.2) is 4.98 Å². The molecule has 46 heavy (non-hydrogen) atoms. The zero-order chi connectivity index (χ0) is 32.3. The van der Waals surface area contributed by atoms with E-state index in [-0.39, 0.29) is 33.5 Å². The summed E-state index contributed by atoms with van der Waals surface area (Å²) in [4.78, 5) is 19.4. The van der Waals surface area contributed by atoms with Gasteiger partial charge in [-0.1, -0.05) is 95.6 Å². The predicted octanol–water partition coefficient (Wildman–Crippen LogP) is 9.64. The molecule has 5 heteroatoms. The smallest absolute Gasteiger partial charge is 0.313 e. The number of carbonyl (C=O) groups is 1. The molecule has 0 spiro atoms. The van der Waals surface area contributed by atoms with E-state index in [1.165, 1.54) is 24.1 Å². The zero-order valence-corrected chi connectivity index (χ0v) is 29.0. The minimum Gasteiger partial charge on any atom is -0.460 e. The molecule has 5 aliphatic rings. The SMILES string of the molecule is C[C@@H]1[C@H]2C3=CC[C@H]4[C@]5(C)Cc6cc7cnoc7nc6C(C)(C)[C@H]5CC[C@]4(C)[C@]3(C)CC[C@@]2(C(=O)OCc2ccccc2)CC[C@@H]1C. The standard InChI is InChI=1S/C41H52N2O3/c1-25-15-18-41(36(44)45-24-27-11-9-8-10-12-27)20-19-39(6)30(33(41)26(25)2)13-14-32-38(5)22-28-21-29-23-42-46-35(29)43-34(28)37(3,4)31(38)16-17-40(32,39)7/h8-13,21,23,25-26,31-33H,14-20,22,24H2,1-7H3/t25-,26-,31+,32-,33-,38+,39+,40-,41-/m0/s1. The van der Waals surface area contributed by atoms with E-state index in [2.05, 4.69) is 77.9 Å². The molecular formula is C41H52N2O3. The van der Waals surface area contributed by atoms with Crippen molar-refractivity contribution in [1.29, 1.82) is 0 Å². The van der Waals surface area contributed by atoms with E-state index in [4.69, 9.17) is 14.2 Å². The molecule has 3 saturated carbocycles. The number of rotatable bonds is 3. The molecule has 5 nitrogen and oxygen atoms in total. The molecule has 0 amide bonds. The van der Waals surface area contributed by atoms with Crippen LogP contribution in [0.1, 0.15) is 110 Å². The van der Waals surface area contributed by atoms with Gasteiger partial charge >= 0.3 is 5.97 Å². The van der Waals surface area contributed by atoms with Gasteiger partial charge in [0.2, 0.25) is 0 Å². The number of allylic oxidation sites excluding steroid dienone is 2. The Kier molecular flexibility index (Phi) is 6.63. The van der Waals surface area contributed by atoms with Crippen molar-refractivity contribution in [3.8, 4) is 0 Å². The normalized spacial score (nSPS) is 40.8. The van der Waals surface area contributed by atoms with Gasteiger partial charge in [-0.15, -0.1) is 0 Å². The average molecular weight is 621 g/mol. The highest BCUT2D eigenvalue weighted by Gasteiger charge is 2.69. The molecule has 2 aromatic heterocycles. The summed E-state index contributed by atoms with van der Waals surface area (Å²) in [7, 11) is 0. The van der Waals surface area contributed by atoms with Crippen molar-refractivity contribution in [3.63, 3.8) is 0 Å². The van der Waals surface area contributed by atoms with Gasteiger partial charge in [0.25, 0.3) is 5.71 Å². The van der Waals surface area contributed by atoms with E-state index in [0.29, 0.717) is 36.0 Å². The van der Waals surface area contributed by atoms with Crippen LogP contribution >= 0.6 is 0 Å². The summed E-state index contributed by atoms with van der Waals surface area (Å²) in [5.74, 6) is 2.45. The molecule has 0 N–H and O–H groups in total. The van der Waals surface area contributed by atoms with Crippen molar-refractivity contribution < 1.29 is 14.1 Å². The third-order valence-electron chi connectivity index (χ3n) is 15.4. The van der Waals surface area contributed by atoms with Crippen LogP contribution in [-0.4, -0.2) is 16.1 Å². The lowest BCUT2D eigenvalue weighted by molar-refractivity contribution is -0.184. The van der Waals surface area contributed by atoms with Crippen molar-refractivity contribution in [2.24, 2.45) is 51.2 Å². The predicted molar refractivity (Wildman–Crippen MR) is 181 cm³/mol. The molecule has 8 rings (SSSR count). The largest absolute Gasteiger partial charge is 0.460 e. The number of ether oxygens (including phenoxy) is 1. The van der Waals surface area contributed by atoms with Gasteiger partial charge in [0.05, 0.1) is 22.7 Å². The number of hydrogen-bond donors (Lipinski definition) is 0. The summed E-state index contributed by atoms with van der Waals surface area (Å²) in [6.07, 6.45) is 13.1. The Bertz CT molecular complexity index is 1720. The van der Waals surface area contributed by atoms with E-state index < -0.39 is 5.41 Å². The third-order valence-corrected chi connectivity index (χ3v) is 15.4. The number of nitrogens with zero attached hydrogens (tertiary/aromatic N) is 2. The third kappa shape index (κ3) is 3.89. The van der Waals surface area contributed by atoms with Crippen molar-refractivity contribution >= 4 is 17.1 Å². The summed E-state index contributed by atoms with van der Waals surface area (Å²) in [5.41, 5.74) is 5.81. The Morgan fingerprint density at radius 2 is 1.76 bits per heavy atom. The van der Waals surface area contributed by atoms with E-state index in [1.54, 1.807) is 5.57 Å². The van der Waals surface area contributed by atoms with Crippen LogP contribution in [0.3, 0.4) is 0 Å². The topological polar surface area (TPSA) is 65.2 Å². The van der Waals surface area contributed by atoms with Crippen LogP contribution in [0.2, 0.25) is 0 Å². The maximum atomic E-state index is 14.4. The Hall–Kier alpha value is -2.95. The van der Waals surface area contributed by atoms with E-state index in [1.807, 2.05) is 24.4 Å². The Balaban J connectivity index is 1.18. The maximum absolute atomic E-state index is 14.4. The van der Waals surface area contributed by atoms with E-state index in [9.17, 15) is 4.79 Å². The molecule has 244 valence electrons. The second kappa shape index (κ2) is 10.0. The Morgan fingerprint density at radius 3 is 2.54 bits per heavy atom. The van der Waals surface area contributed by atoms with Crippen molar-refractivity contribution in [2.45, 2.75) is 112 Å².